The van der Waals surface area contributed by atoms with Crippen LogP contribution in [0.2, 0.25) is 5.02 Å². The maximum atomic E-state index is 12.5. The van der Waals surface area contributed by atoms with Crippen LogP contribution in [0, 0.1) is 6.92 Å². The van der Waals surface area contributed by atoms with Crippen LogP contribution in [0.4, 0.5) is 11.4 Å². The predicted molar refractivity (Wildman–Crippen MR) is 113 cm³/mol. The molecule has 150 valence electrons. The Labute approximate surface area is 173 Å². The number of hydrogen-bond acceptors (Lipinski definition) is 6. The highest BCUT2D eigenvalue weighted by Crippen LogP contribution is 2.33. The van der Waals surface area contributed by atoms with E-state index in [1.165, 1.54) is 6.20 Å². The quantitative estimate of drug-likeness (QED) is 0.554. The van der Waals surface area contributed by atoms with E-state index < -0.39 is 11.9 Å². The molecule has 0 aliphatic rings. The van der Waals surface area contributed by atoms with E-state index in [1.807, 2.05) is 13.0 Å². The van der Waals surface area contributed by atoms with Crippen molar-refractivity contribution in [3.05, 3.63) is 64.3 Å². The van der Waals surface area contributed by atoms with Gasteiger partial charge in [0.25, 0.3) is 0 Å². The van der Waals surface area contributed by atoms with Crippen LogP contribution in [0.3, 0.4) is 0 Å². The van der Waals surface area contributed by atoms with Gasteiger partial charge in [0.1, 0.15) is 5.56 Å². The Morgan fingerprint density at radius 3 is 2.52 bits per heavy atom. The fourth-order valence-electron chi connectivity index (χ4n) is 3.02. The van der Waals surface area contributed by atoms with Crippen LogP contribution in [0.5, 0.6) is 0 Å². The third-order valence-electron chi connectivity index (χ3n) is 4.27. The molecule has 0 aliphatic carbocycles. The molecule has 0 amide bonds. The third kappa shape index (κ3) is 4.49. The highest BCUT2D eigenvalue weighted by molar-refractivity contribution is 6.31. The lowest BCUT2D eigenvalue weighted by atomic mass is 10.1. The summed E-state index contributed by atoms with van der Waals surface area (Å²) >= 11 is 6.26. The van der Waals surface area contributed by atoms with Crippen molar-refractivity contribution in [2.75, 3.05) is 18.5 Å². The van der Waals surface area contributed by atoms with E-state index in [2.05, 4.69) is 10.3 Å². The van der Waals surface area contributed by atoms with Crippen LogP contribution in [-0.4, -0.2) is 30.1 Å². The first-order valence-electron chi connectivity index (χ1n) is 9.24. The number of pyridine rings is 1. The normalized spacial score (nSPS) is 10.6. The Balaban J connectivity index is 2.14. The lowest BCUT2D eigenvalue weighted by Gasteiger charge is -2.16. The van der Waals surface area contributed by atoms with Crippen molar-refractivity contribution in [1.29, 1.82) is 0 Å². The Hall–Kier alpha value is -3.12. The second-order valence-electron chi connectivity index (χ2n) is 6.31. The van der Waals surface area contributed by atoms with Crippen molar-refractivity contribution < 1.29 is 19.1 Å². The fraction of sp³-hybridized carbons (Fsp3) is 0.227. The van der Waals surface area contributed by atoms with E-state index in [9.17, 15) is 9.59 Å². The third-order valence-corrected chi connectivity index (χ3v) is 4.48. The van der Waals surface area contributed by atoms with Gasteiger partial charge in [0.15, 0.2) is 0 Å². The number of aromatic nitrogens is 1. The van der Waals surface area contributed by atoms with Crippen molar-refractivity contribution >= 4 is 45.8 Å². The van der Waals surface area contributed by atoms with Crippen molar-refractivity contribution in [2.24, 2.45) is 0 Å². The van der Waals surface area contributed by atoms with Crippen LogP contribution in [0.25, 0.3) is 10.9 Å². The number of benzene rings is 2. The molecule has 1 heterocycles. The Bertz CT molecular complexity index is 1080. The molecule has 0 fully saturated rings. The molecule has 0 saturated carbocycles. The van der Waals surface area contributed by atoms with Crippen LogP contribution in [-0.2, 0) is 9.47 Å². The van der Waals surface area contributed by atoms with Gasteiger partial charge in [-0.15, -0.1) is 0 Å². The van der Waals surface area contributed by atoms with E-state index in [0.717, 1.165) is 5.56 Å². The van der Waals surface area contributed by atoms with Gasteiger partial charge in [-0.2, -0.15) is 0 Å². The Morgan fingerprint density at radius 1 is 1.07 bits per heavy atom. The molecule has 0 atom stereocenters. The number of hydrogen-bond donors (Lipinski definition) is 1. The van der Waals surface area contributed by atoms with Crippen molar-refractivity contribution in [3.63, 3.8) is 0 Å². The molecule has 1 aromatic heterocycles. The number of aryl methyl sites for hydroxylation is 1. The number of fused-ring (bicyclic) bond motifs is 1. The number of nitrogens with one attached hydrogen (secondary N) is 1. The van der Waals surface area contributed by atoms with E-state index in [4.69, 9.17) is 21.1 Å². The second kappa shape index (κ2) is 8.92. The first-order chi connectivity index (χ1) is 13.9. The van der Waals surface area contributed by atoms with Gasteiger partial charge in [-0.3, -0.25) is 4.98 Å². The molecule has 0 spiro atoms. The number of esters is 2. The molecule has 29 heavy (non-hydrogen) atoms. The zero-order chi connectivity index (χ0) is 21.0. The number of nitrogens with zero attached hydrogens (tertiary/aromatic N) is 1. The minimum atomic E-state index is -0.497. The second-order valence-corrected chi connectivity index (χ2v) is 6.75. The van der Waals surface area contributed by atoms with Gasteiger partial charge in [0.05, 0.1) is 30.0 Å². The van der Waals surface area contributed by atoms with Crippen molar-refractivity contribution in [3.8, 4) is 0 Å². The number of rotatable bonds is 6. The molecule has 0 saturated heterocycles. The predicted octanol–water partition coefficient (Wildman–Crippen LogP) is 5.29. The molecule has 6 nitrogen and oxygen atoms in total. The van der Waals surface area contributed by atoms with Crippen LogP contribution in [0.1, 0.15) is 40.1 Å². The van der Waals surface area contributed by atoms with Crippen LogP contribution in [0.15, 0.2) is 42.6 Å². The van der Waals surface area contributed by atoms with Gasteiger partial charge >= 0.3 is 11.9 Å². The number of carbonyl (C=O) groups is 2. The SMILES string of the molecule is CCOC(=O)c1cccc(Nc2c(C(=O)OCC)cnc3c(C)cc(Cl)cc23)c1. The summed E-state index contributed by atoms with van der Waals surface area (Å²) in [5, 5.41) is 4.45. The van der Waals surface area contributed by atoms with Crippen molar-refractivity contribution in [2.45, 2.75) is 20.8 Å². The van der Waals surface area contributed by atoms with Crippen LogP contribution >= 0.6 is 11.6 Å². The average molecular weight is 413 g/mol. The first-order valence-corrected chi connectivity index (χ1v) is 9.62. The number of anilines is 2. The molecule has 0 radical (unpaired) electrons. The Kier molecular flexibility index (Phi) is 6.34. The minimum absolute atomic E-state index is 0.239. The summed E-state index contributed by atoms with van der Waals surface area (Å²) < 4.78 is 10.2. The molecule has 7 heteroatoms. The fourth-order valence-corrected chi connectivity index (χ4v) is 3.29. The summed E-state index contributed by atoms with van der Waals surface area (Å²) in [6, 6.07) is 10.4. The minimum Gasteiger partial charge on any atom is -0.462 e. The molecular weight excluding hydrogens is 392 g/mol. The van der Waals surface area contributed by atoms with Gasteiger partial charge < -0.3 is 14.8 Å². The summed E-state index contributed by atoms with van der Waals surface area (Å²) in [6.45, 7) is 5.92. The van der Waals surface area contributed by atoms with E-state index in [0.29, 0.717) is 32.9 Å². The Morgan fingerprint density at radius 2 is 1.79 bits per heavy atom. The van der Waals surface area contributed by atoms with E-state index in [-0.39, 0.29) is 18.8 Å². The van der Waals surface area contributed by atoms with Gasteiger partial charge in [-0.25, -0.2) is 9.59 Å². The molecule has 0 unspecified atom stereocenters. The number of carbonyl (C=O) groups excluding carboxylic acids is 2. The highest BCUT2D eigenvalue weighted by atomic mass is 35.5. The van der Waals surface area contributed by atoms with Gasteiger partial charge in [-0.05, 0) is 56.7 Å². The van der Waals surface area contributed by atoms with Crippen molar-refractivity contribution in [1.82, 2.24) is 4.98 Å². The maximum absolute atomic E-state index is 12.5. The zero-order valence-corrected chi connectivity index (χ0v) is 17.2. The largest absolute Gasteiger partial charge is 0.462 e. The summed E-state index contributed by atoms with van der Waals surface area (Å²) in [6.07, 6.45) is 1.48. The molecule has 0 bridgehead atoms. The lowest BCUT2D eigenvalue weighted by molar-refractivity contribution is 0.0517. The monoisotopic (exact) mass is 412 g/mol. The maximum Gasteiger partial charge on any atom is 0.341 e. The standard InChI is InChI=1S/C22H21ClN2O4/c1-4-28-21(26)14-7-6-8-16(10-14)25-20-17-11-15(23)9-13(3)19(17)24-12-18(20)22(27)29-5-2/h6-12H,4-5H2,1-3H3,(H,24,25). The average Bonchev–Trinajstić information content (AvgIpc) is 2.69. The number of halogens is 1. The molecule has 2 aromatic carbocycles. The molecular formula is C22H21ClN2O4. The molecule has 0 aliphatic heterocycles. The smallest absolute Gasteiger partial charge is 0.341 e. The topological polar surface area (TPSA) is 77.5 Å². The zero-order valence-electron chi connectivity index (χ0n) is 16.4. The summed E-state index contributed by atoms with van der Waals surface area (Å²) in [4.78, 5) is 29.0. The summed E-state index contributed by atoms with van der Waals surface area (Å²) in [7, 11) is 0. The van der Waals surface area contributed by atoms with E-state index in [1.54, 1.807) is 44.2 Å². The summed E-state index contributed by atoms with van der Waals surface area (Å²) in [5.74, 6) is -0.913. The van der Waals surface area contributed by atoms with Gasteiger partial charge in [-0.1, -0.05) is 17.7 Å². The molecule has 3 aromatic rings. The number of ether oxygens (including phenoxy) is 2. The van der Waals surface area contributed by atoms with Crippen LogP contribution < -0.4 is 5.32 Å². The molecule has 1 N–H and O–H groups in total. The lowest BCUT2D eigenvalue weighted by Crippen LogP contribution is -2.10. The molecule has 3 rings (SSSR count). The van der Waals surface area contributed by atoms with Gasteiger partial charge in [0.2, 0.25) is 0 Å². The first kappa shape index (κ1) is 20.6. The van der Waals surface area contributed by atoms with Gasteiger partial charge in [0, 0.05) is 22.3 Å². The highest BCUT2D eigenvalue weighted by Gasteiger charge is 2.19. The van der Waals surface area contributed by atoms with E-state index >= 15 is 0 Å². The summed E-state index contributed by atoms with van der Waals surface area (Å²) in [5.41, 5.74) is 3.41.